The Morgan fingerprint density at radius 1 is 1.00 bits per heavy atom. The van der Waals surface area contributed by atoms with Crippen LogP contribution in [0.5, 0.6) is 5.75 Å². The number of aliphatic hydroxyl groups excluding tert-OH is 2. The van der Waals surface area contributed by atoms with Crippen LogP contribution in [0.25, 0.3) is 6.08 Å². The van der Waals surface area contributed by atoms with Gasteiger partial charge in [-0.1, -0.05) is 43.6 Å². The number of nitrogens with zero attached hydrogens (tertiary/aromatic N) is 1. The van der Waals surface area contributed by atoms with Crippen molar-refractivity contribution < 1.29 is 55.6 Å². The minimum Gasteiger partial charge on any atom is -0.505 e. The summed E-state index contributed by atoms with van der Waals surface area (Å²) in [6, 6.07) is 4.44. The molecule has 1 aliphatic heterocycles. The number of allylic oxidation sites excluding steroid dienone is 2. The third-order valence-electron chi connectivity index (χ3n) is 8.66. The number of phenolic OH excluding ortho intramolecular Hbond substituents is 1. The molecule has 0 radical (unpaired) electrons. The SMILES string of the molecule is CCCC1=C([C@H](O)CC/C(=C/c2ccc(O)c(F)c2)CC)[C@H](CO)[C@@H]2C(=O)N(c3cc(C(F)(F)F)cc(C(F)(F)F)c3)C(=O)[C@@H]2C1. The molecule has 13 heteroatoms. The summed E-state index contributed by atoms with van der Waals surface area (Å²) in [5.41, 5.74) is -1.99. The van der Waals surface area contributed by atoms with Gasteiger partial charge in [0.05, 0.1) is 41.4 Å². The van der Waals surface area contributed by atoms with Gasteiger partial charge in [-0.15, -0.1) is 0 Å². The monoisotopic (exact) mass is 657 g/mol. The molecule has 1 heterocycles. The van der Waals surface area contributed by atoms with Crippen molar-refractivity contribution in [2.75, 3.05) is 11.5 Å². The first-order valence-corrected chi connectivity index (χ1v) is 14.9. The van der Waals surface area contributed by atoms with Gasteiger partial charge in [0.15, 0.2) is 11.6 Å². The van der Waals surface area contributed by atoms with Gasteiger partial charge in [-0.05, 0) is 73.6 Å². The van der Waals surface area contributed by atoms with Crippen molar-refractivity contribution in [3.63, 3.8) is 0 Å². The number of alkyl halides is 6. The molecule has 1 aliphatic carbocycles. The number of rotatable bonds is 10. The summed E-state index contributed by atoms with van der Waals surface area (Å²) in [5, 5.41) is 31.4. The number of benzene rings is 2. The highest BCUT2D eigenvalue weighted by atomic mass is 19.4. The van der Waals surface area contributed by atoms with Gasteiger partial charge in [-0.25, -0.2) is 9.29 Å². The quantitative estimate of drug-likeness (QED) is 0.140. The summed E-state index contributed by atoms with van der Waals surface area (Å²) in [4.78, 5) is 27.6. The molecule has 2 amide bonds. The van der Waals surface area contributed by atoms with Crippen molar-refractivity contribution in [2.24, 2.45) is 17.8 Å². The lowest BCUT2D eigenvalue weighted by Gasteiger charge is -2.36. The molecule has 0 saturated carbocycles. The zero-order valence-electron chi connectivity index (χ0n) is 25.1. The van der Waals surface area contributed by atoms with E-state index in [1.807, 2.05) is 13.8 Å². The van der Waals surface area contributed by atoms with Gasteiger partial charge in [-0.2, -0.15) is 26.3 Å². The van der Waals surface area contributed by atoms with Crippen LogP contribution in [0.1, 0.15) is 69.1 Å². The highest BCUT2D eigenvalue weighted by molar-refractivity contribution is 6.22. The first-order chi connectivity index (χ1) is 21.5. The Bertz CT molecular complexity index is 1510. The van der Waals surface area contributed by atoms with Crippen LogP contribution in [-0.4, -0.2) is 39.8 Å². The second-order valence-electron chi connectivity index (χ2n) is 11.6. The highest BCUT2D eigenvalue weighted by Gasteiger charge is 2.55. The number of aromatic hydroxyl groups is 1. The topological polar surface area (TPSA) is 98.1 Å². The van der Waals surface area contributed by atoms with E-state index in [0.29, 0.717) is 59.4 Å². The van der Waals surface area contributed by atoms with Crippen molar-refractivity contribution in [2.45, 2.75) is 70.8 Å². The molecule has 3 N–H and O–H groups in total. The number of amides is 2. The minimum atomic E-state index is -5.20. The molecule has 2 aromatic carbocycles. The van der Waals surface area contributed by atoms with Gasteiger partial charge in [-0.3, -0.25) is 9.59 Å². The number of hydrogen-bond acceptors (Lipinski definition) is 5. The van der Waals surface area contributed by atoms with Crippen LogP contribution in [0.15, 0.2) is 53.1 Å². The Balaban J connectivity index is 1.67. The fraction of sp³-hybridized carbons (Fsp3) is 0.455. The number of aliphatic hydroxyl groups is 2. The Kier molecular flexibility index (Phi) is 10.4. The molecular weight excluding hydrogens is 623 g/mol. The summed E-state index contributed by atoms with van der Waals surface area (Å²) in [6.45, 7) is 2.99. The normalized spacial score (nSPS) is 21.7. The molecule has 250 valence electrons. The first-order valence-electron chi connectivity index (χ1n) is 14.9. The lowest BCUT2D eigenvalue weighted by Crippen LogP contribution is -2.39. The molecule has 46 heavy (non-hydrogen) atoms. The van der Waals surface area contributed by atoms with Gasteiger partial charge in [0, 0.05) is 5.92 Å². The second-order valence-corrected chi connectivity index (χ2v) is 11.6. The standard InChI is InChI=1S/C33H34F7NO5/c1-3-5-19-12-23-29(31(46)41(30(23)45)22-14-20(32(35,36)37)13-21(15-22)33(38,39)40)24(16-42)28(19)27(44)9-6-17(4-2)10-18-7-8-26(43)25(34)11-18/h7-8,10-11,13-15,23-24,27,29,42-44H,3-6,9,12,16H2,1-2H3/b17-10+/t23-,24+,27-,29-/m1/s1. The molecule has 4 rings (SSSR count). The zero-order valence-corrected chi connectivity index (χ0v) is 25.1. The Hall–Kier alpha value is -3.71. The zero-order chi connectivity index (χ0) is 34.1. The van der Waals surface area contributed by atoms with Crippen LogP contribution in [0.4, 0.5) is 36.4 Å². The number of fused-ring (bicyclic) bond motifs is 1. The van der Waals surface area contributed by atoms with E-state index in [2.05, 4.69) is 0 Å². The van der Waals surface area contributed by atoms with Crippen molar-refractivity contribution in [3.05, 3.63) is 75.6 Å². The van der Waals surface area contributed by atoms with E-state index in [1.54, 1.807) is 6.08 Å². The number of carbonyl (C=O) groups is 2. The smallest absolute Gasteiger partial charge is 0.416 e. The van der Waals surface area contributed by atoms with Gasteiger partial charge in [0.25, 0.3) is 0 Å². The summed E-state index contributed by atoms with van der Waals surface area (Å²) < 4.78 is 95.2. The molecule has 2 aromatic rings. The average molecular weight is 658 g/mol. The van der Waals surface area contributed by atoms with E-state index >= 15 is 0 Å². The predicted molar refractivity (Wildman–Crippen MR) is 155 cm³/mol. The maximum absolute atomic E-state index is 13.8. The largest absolute Gasteiger partial charge is 0.505 e. The number of imide groups is 1. The molecule has 1 saturated heterocycles. The van der Waals surface area contributed by atoms with Crippen LogP contribution in [-0.2, 0) is 21.9 Å². The Morgan fingerprint density at radius 2 is 1.63 bits per heavy atom. The second kappa shape index (κ2) is 13.6. The molecule has 4 atom stereocenters. The molecule has 0 bridgehead atoms. The maximum atomic E-state index is 13.8. The third kappa shape index (κ3) is 7.15. The van der Waals surface area contributed by atoms with Gasteiger partial charge >= 0.3 is 12.4 Å². The average Bonchev–Trinajstić information content (AvgIpc) is 3.23. The Morgan fingerprint density at radius 3 is 2.15 bits per heavy atom. The van der Waals surface area contributed by atoms with Crippen LogP contribution < -0.4 is 4.90 Å². The van der Waals surface area contributed by atoms with E-state index in [1.165, 1.54) is 12.1 Å². The number of hydrogen-bond donors (Lipinski definition) is 3. The van der Waals surface area contributed by atoms with Crippen molar-refractivity contribution in [3.8, 4) is 5.75 Å². The van der Waals surface area contributed by atoms with Crippen molar-refractivity contribution in [1.29, 1.82) is 0 Å². The number of halogens is 7. The molecule has 0 spiro atoms. The Labute approximate surface area is 260 Å². The molecule has 6 nitrogen and oxygen atoms in total. The lowest BCUT2D eigenvalue weighted by molar-refractivity contribution is -0.143. The predicted octanol–water partition coefficient (Wildman–Crippen LogP) is 7.42. The summed E-state index contributed by atoms with van der Waals surface area (Å²) in [5.74, 6) is -6.89. The van der Waals surface area contributed by atoms with E-state index in [9.17, 15) is 55.6 Å². The van der Waals surface area contributed by atoms with Crippen molar-refractivity contribution in [1.82, 2.24) is 0 Å². The molecule has 0 aromatic heterocycles. The summed E-state index contributed by atoms with van der Waals surface area (Å²) in [7, 11) is 0. The van der Waals surface area contributed by atoms with Crippen LogP contribution >= 0.6 is 0 Å². The molecular formula is C33H34F7NO5. The molecule has 0 unspecified atom stereocenters. The van der Waals surface area contributed by atoms with E-state index in [4.69, 9.17) is 0 Å². The van der Waals surface area contributed by atoms with Gasteiger partial charge < -0.3 is 15.3 Å². The fourth-order valence-electron chi connectivity index (χ4n) is 6.50. The number of carbonyl (C=O) groups excluding carboxylic acids is 2. The molecule has 2 aliphatic rings. The van der Waals surface area contributed by atoms with Crippen molar-refractivity contribution >= 4 is 23.6 Å². The molecule has 1 fully saturated rings. The van der Waals surface area contributed by atoms with Gasteiger partial charge in [0.1, 0.15) is 0 Å². The van der Waals surface area contributed by atoms with Crippen LogP contribution in [0, 0.1) is 23.6 Å². The number of anilines is 1. The third-order valence-corrected chi connectivity index (χ3v) is 8.66. The van der Waals surface area contributed by atoms with E-state index in [-0.39, 0.29) is 18.9 Å². The fourth-order valence-corrected chi connectivity index (χ4v) is 6.50. The van der Waals surface area contributed by atoms with Crippen LogP contribution in [0.2, 0.25) is 0 Å². The maximum Gasteiger partial charge on any atom is 0.416 e. The van der Waals surface area contributed by atoms with Crippen LogP contribution in [0.3, 0.4) is 0 Å². The summed E-state index contributed by atoms with van der Waals surface area (Å²) in [6.07, 6.45) is -8.05. The van der Waals surface area contributed by atoms with E-state index in [0.717, 1.165) is 11.6 Å². The summed E-state index contributed by atoms with van der Waals surface area (Å²) >= 11 is 0. The highest BCUT2D eigenvalue weighted by Crippen LogP contribution is 2.49. The van der Waals surface area contributed by atoms with Gasteiger partial charge in [0.2, 0.25) is 11.8 Å². The number of phenols is 1. The first kappa shape index (κ1) is 35.1. The van der Waals surface area contributed by atoms with E-state index < -0.39 is 83.0 Å². The minimum absolute atomic E-state index is 0.0587. The lowest BCUT2D eigenvalue weighted by atomic mass is 9.67.